The van der Waals surface area contributed by atoms with Crippen LogP contribution in [0.4, 0.5) is 8.78 Å². The highest BCUT2D eigenvalue weighted by atomic mass is 32.1. The van der Waals surface area contributed by atoms with E-state index in [1.165, 1.54) is 23.5 Å². The summed E-state index contributed by atoms with van der Waals surface area (Å²) in [7, 11) is 0. The number of benzene rings is 1. The number of aromatic nitrogens is 2. The average molecular weight is 497 g/mol. The smallest absolute Gasteiger partial charge is 0.282 e. The van der Waals surface area contributed by atoms with Gasteiger partial charge in [0.2, 0.25) is 0 Å². The number of ether oxygens (including phenoxy) is 1. The number of pyridine rings is 1. The number of rotatable bonds is 3. The molecular formula is C25H22F2N4O3S. The zero-order valence-corrected chi connectivity index (χ0v) is 19.5. The molecule has 0 radical (unpaired) electrons. The van der Waals surface area contributed by atoms with Crippen molar-refractivity contribution in [2.24, 2.45) is 0 Å². The van der Waals surface area contributed by atoms with E-state index < -0.39 is 29.5 Å². The van der Waals surface area contributed by atoms with Gasteiger partial charge in [-0.05, 0) is 42.7 Å². The Morgan fingerprint density at radius 2 is 1.86 bits per heavy atom. The Morgan fingerprint density at radius 1 is 1.09 bits per heavy atom. The van der Waals surface area contributed by atoms with E-state index in [-0.39, 0.29) is 11.8 Å². The molecule has 1 aromatic carbocycles. The van der Waals surface area contributed by atoms with Crippen molar-refractivity contribution >= 4 is 23.2 Å². The SMILES string of the molecule is O=C(c1ncc(-c2ccccn2)s1)N1CCC2(CC1)O[C@@H]1CC[C@@H](c3cc(F)cc(F)c3)N1C2=O. The number of carbonyl (C=O) groups is 2. The summed E-state index contributed by atoms with van der Waals surface area (Å²) in [6, 6.07) is 8.55. The Balaban J connectivity index is 1.15. The first kappa shape index (κ1) is 22.2. The van der Waals surface area contributed by atoms with Crippen LogP contribution in [0.25, 0.3) is 10.6 Å². The van der Waals surface area contributed by atoms with E-state index >= 15 is 0 Å². The van der Waals surface area contributed by atoms with Crippen molar-refractivity contribution in [3.05, 3.63) is 71.0 Å². The summed E-state index contributed by atoms with van der Waals surface area (Å²) in [5.74, 6) is -1.66. The molecule has 1 spiro atoms. The summed E-state index contributed by atoms with van der Waals surface area (Å²) in [6.45, 7) is 0.728. The van der Waals surface area contributed by atoms with Crippen molar-refractivity contribution in [1.82, 2.24) is 19.8 Å². The number of hydrogen-bond acceptors (Lipinski definition) is 6. The largest absolute Gasteiger partial charge is 0.342 e. The molecule has 3 aliphatic heterocycles. The van der Waals surface area contributed by atoms with E-state index in [2.05, 4.69) is 9.97 Å². The predicted octanol–water partition coefficient (Wildman–Crippen LogP) is 4.18. The van der Waals surface area contributed by atoms with Crippen molar-refractivity contribution in [2.75, 3.05) is 13.1 Å². The van der Waals surface area contributed by atoms with Gasteiger partial charge in [-0.15, -0.1) is 11.3 Å². The van der Waals surface area contributed by atoms with Gasteiger partial charge in [-0.2, -0.15) is 0 Å². The lowest BCUT2D eigenvalue weighted by atomic mass is 9.89. The second kappa shape index (κ2) is 8.46. The Morgan fingerprint density at radius 3 is 2.57 bits per heavy atom. The Kier molecular flexibility index (Phi) is 5.37. The third-order valence-corrected chi connectivity index (χ3v) is 8.06. The maximum absolute atomic E-state index is 13.8. The Bertz CT molecular complexity index is 1270. The molecule has 0 N–H and O–H groups in total. The van der Waals surface area contributed by atoms with Crippen LogP contribution in [0.5, 0.6) is 0 Å². The molecule has 0 aliphatic carbocycles. The predicted molar refractivity (Wildman–Crippen MR) is 123 cm³/mol. The first-order valence-corrected chi connectivity index (χ1v) is 12.4. The van der Waals surface area contributed by atoms with Crippen LogP contribution in [-0.2, 0) is 9.53 Å². The molecule has 7 nitrogen and oxygen atoms in total. The molecule has 0 unspecified atom stereocenters. The quantitative estimate of drug-likeness (QED) is 0.544. The number of piperidine rings is 1. The molecule has 3 fully saturated rings. The van der Waals surface area contributed by atoms with Gasteiger partial charge in [0.05, 0.1) is 16.6 Å². The molecule has 2 aromatic heterocycles. The Hall–Kier alpha value is -3.24. The van der Waals surface area contributed by atoms with E-state index in [0.29, 0.717) is 49.3 Å². The van der Waals surface area contributed by atoms with E-state index in [9.17, 15) is 18.4 Å². The topological polar surface area (TPSA) is 75.6 Å². The van der Waals surface area contributed by atoms with E-state index in [0.717, 1.165) is 16.6 Å². The highest BCUT2D eigenvalue weighted by Gasteiger charge is 2.58. The first-order chi connectivity index (χ1) is 16.9. The van der Waals surface area contributed by atoms with Crippen LogP contribution < -0.4 is 0 Å². The monoisotopic (exact) mass is 496 g/mol. The lowest BCUT2D eigenvalue weighted by Crippen LogP contribution is -2.51. The molecule has 35 heavy (non-hydrogen) atoms. The molecule has 6 rings (SSSR count). The number of nitrogens with zero attached hydrogens (tertiary/aromatic N) is 4. The minimum Gasteiger partial charge on any atom is -0.342 e. The van der Waals surface area contributed by atoms with Crippen LogP contribution in [0.1, 0.15) is 47.1 Å². The maximum Gasteiger partial charge on any atom is 0.282 e. The van der Waals surface area contributed by atoms with Crippen LogP contribution in [-0.4, -0.2) is 56.5 Å². The number of fused-ring (bicyclic) bond motifs is 1. The van der Waals surface area contributed by atoms with Gasteiger partial charge in [0.15, 0.2) is 10.6 Å². The third-order valence-electron chi connectivity index (χ3n) is 7.05. The fourth-order valence-electron chi connectivity index (χ4n) is 5.35. The van der Waals surface area contributed by atoms with Gasteiger partial charge in [0.1, 0.15) is 17.9 Å². The number of carbonyl (C=O) groups excluding carboxylic acids is 2. The average Bonchev–Trinajstić information content (AvgIpc) is 3.56. The molecular weight excluding hydrogens is 474 g/mol. The summed E-state index contributed by atoms with van der Waals surface area (Å²) in [6.07, 6.45) is 4.86. The number of amides is 2. The van der Waals surface area contributed by atoms with Crippen LogP contribution in [0.2, 0.25) is 0 Å². The van der Waals surface area contributed by atoms with Gasteiger partial charge >= 0.3 is 0 Å². The summed E-state index contributed by atoms with van der Waals surface area (Å²) in [5, 5.41) is 0.383. The summed E-state index contributed by atoms with van der Waals surface area (Å²) >= 11 is 1.29. The fraction of sp³-hybridized carbons (Fsp3) is 0.360. The van der Waals surface area contributed by atoms with Crippen molar-refractivity contribution in [3.63, 3.8) is 0 Å². The number of halogens is 2. The van der Waals surface area contributed by atoms with Crippen LogP contribution in [0.3, 0.4) is 0 Å². The maximum atomic E-state index is 13.8. The Labute approximate surface area is 204 Å². The highest BCUT2D eigenvalue weighted by Crippen LogP contribution is 2.48. The molecule has 180 valence electrons. The second-order valence-electron chi connectivity index (χ2n) is 9.11. The molecule has 3 aliphatic rings. The molecule has 10 heteroatoms. The van der Waals surface area contributed by atoms with Gasteiger partial charge in [0.25, 0.3) is 11.8 Å². The summed E-state index contributed by atoms with van der Waals surface area (Å²) in [4.78, 5) is 39.3. The zero-order valence-electron chi connectivity index (χ0n) is 18.7. The third kappa shape index (κ3) is 3.81. The van der Waals surface area contributed by atoms with Crippen molar-refractivity contribution in [3.8, 4) is 10.6 Å². The molecule has 5 heterocycles. The van der Waals surface area contributed by atoms with Crippen molar-refractivity contribution in [2.45, 2.75) is 43.6 Å². The van der Waals surface area contributed by atoms with E-state index in [4.69, 9.17) is 4.74 Å². The second-order valence-corrected chi connectivity index (χ2v) is 10.1. The minimum absolute atomic E-state index is 0.159. The molecule has 2 amide bonds. The molecule has 0 bridgehead atoms. The lowest BCUT2D eigenvalue weighted by molar-refractivity contribution is -0.142. The molecule has 3 saturated heterocycles. The van der Waals surface area contributed by atoms with Gasteiger partial charge in [0, 0.05) is 44.4 Å². The van der Waals surface area contributed by atoms with Crippen molar-refractivity contribution < 1.29 is 23.1 Å². The number of thiazole rings is 1. The normalized spacial score (nSPS) is 23.2. The zero-order chi connectivity index (χ0) is 24.2. The van der Waals surface area contributed by atoms with Gasteiger partial charge in [-0.3, -0.25) is 14.6 Å². The number of hydrogen-bond donors (Lipinski definition) is 0. The van der Waals surface area contributed by atoms with Crippen molar-refractivity contribution in [1.29, 1.82) is 0 Å². The van der Waals surface area contributed by atoms with Crippen LogP contribution >= 0.6 is 11.3 Å². The lowest BCUT2D eigenvalue weighted by Gasteiger charge is -2.37. The minimum atomic E-state index is -1.01. The van der Waals surface area contributed by atoms with Crippen LogP contribution in [0.15, 0.2) is 48.8 Å². The van der Waals surface area contributed by atoms with Gasteiger partial charge < -0.3 is 14.5 Å². The molecule has 0 saturated carbocycles. The molecule has 3 aromatic rings. The van der Waals surface area contributed by atoms with Crippen LogP contribution in [0, 0.1) is 11.6 Å². The van der Waals surface area contributed by atoms with E-state index in [1.54, 1.807) is 22.2 Å². The summed E-state index contributed by atoms with van der Waals surface area (Å²) < 4.78 is 33.9. The highest BCUT2D eigenvalue weighted by molar-refractivity contribution is 7.16. The summed E-state index contributed by atoms with van der Waals surface area (Å²) in [5.41, 5.74) is 0.201. The molecule has 2 atom stereocenters. The van der Waals surface area contributed by atoms with Gasteiger partial charge in [-0.1, -0.05) is 6.07 Å². The fourth-order valence-corrected chi connectivity index (χ4v) is 6.21. The van der Waals surface area contributed by atoms with Gasteiger partial charge in [-0.25, -0.2) is 13.8 Å². The standard InChI is InChI=1S/C25H22F2N4O3S/c26-16-11-15(12-17(27)13-16)19-4-5-21-31(19)24(33)25(34-21)6-9-30(10-7-25)23(32)22-29-14-20(35-22)18-3-1-2-8-28-18/h1-3,8,11-14,19,21H,4-7,9-10H2/t19-,21+/m0/s1. The van der Waals surface area contributed by atoms with E-state index in [1.807, 2.05) is 18.2 Å². The first-order valence-electron chi connectivity index (χ1n) is 11.6. The number of likely N-dealkylation sites (tertiary alicyclic amines) is 1.